The summed E-state index contributed by atoms with van der Waals surface area (Å²) >= 11 is 1.46. The maximum atomic E-state index is 13.2. The van der Waals surface area contributed by atoms with Crippen molar-refractivity contribution in [3.8, 4) is 5.75 Å². The summed E-state index contributed by atoms with van der Waals surface area (Å²) in [5, 5.41) is 1.90. The fourth-order valence-corrected chi connectivity index (χ4v) is 3.18. The molecule has 0 aliphatic carbocycles. The molecular formula is C21H14FNO3S. The third-order valence-electron chi connectivity index (χ3n) is 3.83. The SMILES string of the molecule is O=C1OC(c2cccs2)=NC1=Cc1ccc(OCc2cccc(F)c2)cc1. The van der Waals surface area contributed by atoms with Gasteiger partial charge in [0.25, 0.3) is 0 Å². The van der Waals surface area contributed by atoms with E-state index in [1.165, 1.54) is 23.5 Å². The maximum Gasteiger partial charge on any atom is 0.363 e. The molecule has 0 radical (unpaired) electrons. The van der Waals surface area contributed by atoms with Crippen molar-refractivity contribution in [3.63, 3.8) is 0 Å². The van der Waals surface area contributed by atoms with Crippen LogP contribution in [-0.4, -0.2) is 11.9 Å². The van der Waals surface area contributed by atoms with E-state index in [-0.39, 0.29) is 18.1 Å². The van der Waals surface area contributed by atoms with Gasteiger partial charge in [0, 0.05) is 0 Å². The molecule has 6 heteroatoms. The third kappa shape index (κ3) is 4.12. The molecular weight excluding hydrogens is 365 g/mol. The molecule has 2 aromatic carbocycles. The highest BCUT2D eigenvalue weighted by Crippen LogP contribution is 2.22. The van der Waals surface area contributed by atoms with Crippen molar-refractivity contribution in [1.29, 1.82) is 0 Å². The lowest BCUT2D eigenvalue weighted by atomic mass is 10.2. The summed E-state index contributed by atoms with van der Waals surface area (Å²) in [5.74, 6) is 0.225. The monoisotopic (exact) mass is 379 g/mol. The smallest absolute Gasteiger partial charge is 0.363 e. The quantitative estimate of drug-likeness (QED) is 0.472. The van der Waals surface area contributed by atoms with Crippen LogP contribution >= 0.6 is 11.3 Å². The largest absolute Gasteiger partial charge is 0.489 e. The minimum absolute atomic E-state index is 0.256. The Balaban J connectivity index is 1.44. The average Bonchev–Trinajstić information content (AvgIpc) is 3.32. The summed E-state index contributed by atoms with van der Waals surface area (Å²) in [4.78, 5) is 17.1. The van der Waals surface area contributed by atoms with Gasteiger partial charge in [0.15, 0.2) is 5.70 Å². The Bertz CT molecular complexity index is 1020. The molecule has 4 nitrogen and oxygen atoms in total. The maximum absolute atomic E-state index is 13.2. The number of halogens is 1. The van der Waals surface area contributed by atoms with Crippen LogP contribution in [-0.2, 0) is 16.1 Å². The van der Waals surface area contributed by atoms with Gasteiger partial charge in [0.05, 0.1) is 4.88 Å². The molecule has 27 heavy (non-hydrogen) atoms. The second-order valence-corrected chi connectivity index (χ2v) is 6.75. The van der Waals surface area contributed by atoms with Crippen LogP contribution in [0.15, 0.2) is 76.7 Å². The fraction of sp³-hybridized carbons (Fsp3) is 0.0476. The molecule has 0 atom stereocenters. The summed E-state index contributed by atoms with van der Waals surface area (Å²) in [6.07, 6.45) is 1.67. The van der Waals surface area contributed by atoms with Crippen molar-refractivity contribution in [3.05, 3.63) is 93.6 Å². The number of hydrogen-bond donors (Lipinski definition) is 0. The predicted molar refractivity (Wildman–Crippen MR) is 102 cm³/mol. The van der Waals surface area contributed by atoms with E-state index in [4.69, 9.17) is 9.47 Å². The Hall–Kier alpha value is -3.25. The molecule has 0 spiro atoms. The number of hydrogen-bond acceptors (Lipinski definition) is 5. The van der Waals surface area contributed by atoms with E-state index in [0.717, 1.165) is 16.0 Å². The summed E-state index contributed by atoms with van der Waals surface area (Å²) in [6, 6.07) is 17.2. The highest BCUT2D eigenvalue weighted by Gasteiger charge is 2.24. The third-order valence-corrected chi connectivity index (χ3v) is 4.69. The molecule has 134 valence electrons. The zero-order valence-corrected chi connectivity index (χ0v) is 14.9. The van der Waals surface area contributed by atoms with E-state index >= 15 is 0 Å². The molecule has 0 bridgehead atoms. The molecule has 0 saturated carbocycles. The summed E-state index contributed by atoms with van der Waals surface area (Å²) < 4.78 is 24.0. The molecule has 1 aliphatic rings. The van der Waals surface area contributed by atoms with E-state index in [1.54, 1.807) is 30.3 Å². The summed E-state index contributed by atoms with van der Waals surface area (Å²) in [7, 11) is 0. The van der Waals surface area contributed by atoms with Gasteiger partial charge in [-0.1, -0.05) is 30.3 Å². The molecule has 0 N–H and O–H groups in total. The second kappa shape index (κ2) is 7.55. The Morgan fingerprint density at radius 3 is 2.70 bits per heavy atom. The first-order chi connectivity index (χ1) is 13.2. The number of cyclic esters (lactones) is 1. The highest BCUT2D eigenvalue weighted by molar-refractivity contribution is 7.12. The van der Waals surface area contributed by atoms with Crippen molar-refractivity contribution in [2.24, 2.45) is 4.99 Å². The van der Waals surface area contributed by atoms with Gasteiger partial charge in [-0.25, -0.2) is 14.2 Å². The molecule has 2 heterocycles. The zero-order valence-electron chi connectivity index (χ0n) is 14.1. The van der Waals surface area contributed by atoms with Crippen molar-refractivity contribution < 1.29 is 18.7 Å². The van der Waals surface area contributed by atoms with Crippen molar-refractivity contribution >= 4 is 29.3 Å². The number of carbonyl (C=O) groups excluding carboxylic acids is 1. The van der Waals surface area contributed by atoms with E-state index in [1.807, 2.05) is 29.6 Å². The molecule has 0 amide bonds. The molecule has 4 rings (SSSR count). The van der Waals surface area contributed by atoms with Crippen LogP contribution in [0.3, 0.4) is 0 Å². The zero-order chi connectivity index (χ0) is 18.6. The first-order valence-electron chi connectivity index (χ1n) is 8.21. The van der Waals surface area contributed by atoms with Crippen LogP contribution < -0.4 is 4.74 Å². The average molecular weight is 379 g/mol. The predicted octanol–water partition coefficient (Wildman–Crippen LogP) is 4.81. The normalized spacial score (nSPS) is 14.9. The first-order valence-corrected chi connectivity index (χ1v) is 9.09. The van der Waals surface area contributed by atoms with Gasteiger partial charge in [-0.15, -0.1) is 11.3 Å². The molecule has 0 fully saturated rings. The number of rotatable bonds is 5. The van der Waals surface area contributed by atoms with Crippen LogP contribution in [0.2, 0.25) is 0 Å². The van der Waals surface area contributed by atoms with Gasteiger partial charge in [-0.3, -0.25) is 0 Å². The van der Waals surface area contributed by atoms with E-state index in [9.17, 15) is 9.18 Å². The second-order valence-electron chi connectivity index (χ2n) is 5.80. The van der Waals surface area contributed by atoms with Gasteiger partial charge in [-0.2, -0.15) is 0 Å². The van der Waals surface area contributed by atoms with E-state index < -0.39 is 5.97 Å². The Morgan fingerprint density at radius 2 is 1.96 bits per heavy atom. The lowest BCUT2D eigenvalue weighted by molar-refractivity contribution is -0.129. The minimum atomic E-state index is -0.468. The van der Waals surface area contributed by atoms with Crippen LogP contribution in [0.1, 0.15) is 16.0 Å². The van der Waals surface area contributed by atoms with E-state index in [0.29, 0.717) is 11.6 Å². The van der Waals surface area contributed by atoms with Gasteiger partial charge < -0.3 is 9.47 Å². The first kappa shape index (κ1) is 17.2. The number of benzene rings is 2. The number of thiophene rings is 1. The number of esters is 1. The van der Waals surface area contributed by atoms with Gasteiger partial charge >= 0.3 is 5.97 Å². The standard InChI is InChI=1S/C21H14FNO3S/c22-16-4-1-3-15(11-16)13-25-17-8-6-14(7-9-17)12-18-21(24)26-20(23-18)19-5-2-10-27-19/h1-12H,13H2. The topological polar surface area (TPSA) is 47.9 Å². The van der Waals surface area contributed by atoms with Gasteiger partial charge in [-0.05, 0) is 52.9 Å². The minimum Gasteiger partial charge on any atom is -0.489 e. The fourth-order valence-electron chi connectivity index (χ4n) is 2.53. The van der Waals surface area contributed by atoms with Crippen molar-refractivity contribution in [1.82, 2.24) is 0 Å². The van der Waals surface area contributed by atoms with Crippen LogP contribution in [0.5, 0.6) is 5.75 Å². The molecule has 0 unspecified atom stereocenters. The van der Waals surface area contributed by atoms with Crippen LogP contribution in [0.25, 0.3) is 6.08 Å². The number of aliphatic imine (C=N–C) groups is 1. The van der Waals surface area contributed by atoms with Crippen molar-refractivity contribution in [2.45, 2.75) is 6.61 Å². The van der Waals surface area contributed by atoms with Crippen molar-refractivity contribution in [2.75, 3.05) is 0 Å². The number of nitrogens with zero attached hydrogens (tertiary/aromatic N) is 1. The van der Waals surface area contributed by atoms with Gasteiger partial charge in [0.1, 0.15) is 18.2 Å². The van der Waals surface area contributed by atoms with Crippen LogP contribution in [0.4, 0.5) is 4.39 Å². The van der Waals surface area contributed by atoms with Crippen LogP contribution in [0, 0.1) is 5.82 Å². The molecule has 1 aliphatic heterocycles. The lowest BCUT2D eigenvalue weighted by Crippen LogP contribution is -2.03. The molecule has 3 aromatic rings. The van der Waals surface area contributed by atoms with Gasteiger partial charge in [0.2, 0.25) is 5.90 Å². The number of carbonyl (C=O) groups is 1. The van der Waals surface area contributed by atoms with E-state index in [2.05, 4.69) is 4.99 Å². The summed E-state index contributed by atoms with van der Waals surface area (Å²) in [5.41, 5.74) is 1.81. The lowest BCUT2D eigenvalue weighted by Gasteiger charge is -2.06. The number of ether oxygens (including phenoxy) is 2. The Morgan fingerprint density at radius 1 is 1.11 bits per heavy atom. The highest BCUT2D eigenvalue weighted by atomic mass is 32.1. The molecule has 1 aromatic heterocycles. The Kier molecular flexibility index (Phi) is 4.80. The molecule has 0 saturated heterocycles. The summed E-state index contributed by atoms with van der Waals surface area (Å²) in [6.45, 7) is 0.277. The Labute approximate surface area is 159 Å².